The van der Waals surface area contributed by atoms with E-state index in [1.165, 1.54) is 23.8 Å². The maximum absolute atomic E-state index is 13.0. The van der Waals surface area contributed by atoms with Gasteiger partial charge in [-0.25, -0.2) is 8.42 Å². The molecule has 0 spiro atoms. The summed E-state index contributed by atoms with van der Waals surface area (Å²) in [6, 6.07) is 17.4. The number of amides is 1. The summed E-state index contributed by atoms with van der Waals surface area (Å²) in [5, 5.41) is 2.98. The van der Waals surface area contributed by atoms with Crippen molar-refractivity contribution in [2.24, 2.45) is 0 Å². The van der Waals surface area contributed by atoms with Crippen molar-refractivity contribution in [3.8, 4) is 0 Å². The monoisotopic (exact) mass is 498 g/mol. The van der Waals surface area contributed by atoms with Crippen LogP contribution in [0.2, 0.25) is 5.02 Å². The first-order valence-corrected chi connectivity index (χ1v) is 12.9. The second-order valence-electron chi connectivity index (χ2n) is 9.62. The normalized spacial score (nSPS) is 12.8. The molecule has 0 radical (unpaired) electrons. The van der Waals surface area contributed by atoms with Crippen LogP contribution in [0.1, 0.15) is 66.3 Å². The van der Waals surface area contributed by atoms with E-state index in [-0.39, 0.29) is 32.8 Å². The molecule has 0 fully saturated rings. The molecule has 0 saturated heterocycles. The van der Waals surface area contributed by atoms with Gasteiger partial charge in [-0.1, -0.05) is 62.7 Å². The lowest BCUT2D eigenvalue weighted by Gasteiger charge is -2.21. The van der Waals surface area contributed by atoms with E-state index >= 15 is 0 Å². The van der Waals surface area contributed by atoms with Gasteiger partial charge in [-0.3, -0.25) is 9.52 Å². The van der Waals surface area contributed by atoms with E-state index in [2.05, 4.69) is 42.9 Å². The molecule has 0 aromatic heterocycles. The first kappa shape index (κ1) is 25.8. The van der Waals surface area contributed by atoms with Gasteiger partial charge in [0.1, 0.15) is 4.90 Å². The number of aryl methyl sites for hydroxylation is 2. The number of hydrogen-bond donors (Lipinski definition) is 2. The Hall–Kier alpha value is -2.83. The van der Waals surface area contributed by atoms with Gasteiger partial charge in [0.2, 0.25) is 0 Å². The van der Waals surface area contributed by atoms with Crippen LogP contribution in [0.25, 0.3) is 0 Å². The largest absolute Gasteiger partial charge is 0.346 e. The number of halogens is 1. The van der Waals surface area contributed by atoms with Crippen molar-refractivity contribution >= 4 is 33.2 Å². The number of hydrogen-bond acceptors (Lipinski definition) is 3. The third-order valence-corrected chi connectivity index (χ3v) is 7.73. The van der Waals surface area contributed by atoms with Crippen LogP contribution in [-0.2, 0) is 15.4 Å². The van der Waals surface area contributed by atoms with Crippen LogP contribution in [-0.4, -0.2) is 14.3 Å². The van der Waals surface area contributed by atoms with Crippen LogP contribution < -0.4 is 10.0 Å². The number of sulfonamides is 1. The summed E-state index contributed by atoms with van der Waals surface area (Å²) in [5.41, 5.74) is 4.87. The first-order valence-electron chi connectivity index (χ1n) is 11.1. The van der Waals surface area contributed by atoms with Crippen molar-refractivity contribution in [1.82, 2.24) is 5.32 Å². The average molecular weight is 499 g/mol. The lowest BCUT2D eigenvalue weighted by Crippen LogP contribution is -2.27. The molecular formula is C27H31ClN2O3S. The molecule has 3 aromatic carbocycles. The lowest BCUT2D eigenvalue weighted by atomic mass is 9.86. The Balaban J connectivity index is 1.80. The zero-order chi connectivity index (χ0) is 25.3. The molecule has 0 aliphatic heterocycles. The molecule has 0 unspecified atom stereocenters. The van der Waals surface area contributed by atoms with Crippen LogP contribution in [0.4, 0.5) is 5.69 Å². The van der Waals surface area contributed by atoms with E-state index in [1.807, 2.05) is 39.0 Å². The molecule has 0 bridgehead atoms. The molecule has 0 aliphatic carbocycles. The van der Waals surface area contributed by atoms with Crippen LogP contribution in [0.3, 0.4) is 0 Å². The minimum atomic E-state index is -3.99. The predicted octanol–water partition coefficient (Wildman–Crippen LogP) is 6.55. The zero-order valence-corrected chi connectivity index (χ0v) is 21.9. The molecule has 2 N–H and O–H groups in total. The Bertz CT molecular complexity index is 1310. The summed E-state index contributed by atoms with van der Waals surface area (Å²) >= 11 is 6.21. The van der Waals surface area contributed by atoms with Gasteiger partial charge < -0.3 is 5.32 Å². The number of carbonyl (C=O) groups is 1. The van der Waals surface area contributed by atoms with E-state index < -0.39 is 10.0 Å². The third kappa shape index (κ3) is 5.99. The second-order valence-corrected chi connectivity index (χ2v) is 11.7. The van der Waals surface area contributed by atoms with Gasteiger partial charge in [0.05, 0.1) is 11.1 Å². The second kappa shape index (κ2) is 9.80. The van der Waals surface area contributed by atoms with Crippen molar-refractivity contribution in [2.75, 3.05) is 4.72 Å². The Morgan fingerprint density at radius 2 is 1.56 bits per heavy atom. The Morgan fingerprint density at radius 3 is 2.15 bits per heavy atom. The molecule has 5 nitrogen and oxygen atoms in total. The molecule has 180 valence electrons. The zero-order valence-electron chi connectivity index (χ0n) is 20.4. The van der Waals surface area contributed by atoms with E-state index in [0.717, 1.165) is 16.7 Å². The predicted molar refractivity (Wildman–Crippen MR) is 139 cm³/mol. The van der Waals surface area contributed by atoms with Gasteiger partial charge >= 0.3 is 0 Å². The molecule has 0 aliphatic rings. The number of nitrogens with one attached hydrogen (secondary N) is 2. The first-order chi connectivity index (χ1) is 15.8. The van der Waals surface area contributed by atoms with Crippen molar-refractivity contribution in [3.05, 3.63) is 93.5 Å². The third-order valence-electron chi connectivity index (χ3n) is 5.87. The molecule has 0 heterocycles. The minimum Gasteiger partial charge on any atom is -0.346 e. The molecule has 0 saturated carbocycles. The molecule has 3 aromatic rings. The highest BCUT2D eigenvalue weighted by atomic mass is 35.5. The highest BCUT2D eigenvalue weighted by Crippen LogP contribution is 2.27. The highest BCUT2D eigenvalue weighted by Gasteiger charge is 2.22. The quantitative estimate of drug-likeness (QED) is 0.404. The van der Waals surface area contributed by atoms with Crippen LogP contribution in [0.15, 0.2) is 65.6 Å². The molecule has 1 atom stereocenters. The molecular weight excluding hydrogens is 468 g/mol. The molecule has 7 heteroatoms. The van der Waals surface area contributed by atoms with Crippen LogP contribution in [0, 0.1) is 13.8 Å². The number of anilines is 1. The van der Waals surface area contributed by atoms with E-state index in [4.69, 9.17) is 11.6 Å². The van der Waals surface area contributed by atoms with E-state index in [0.29, 0.717) is 5.69 Å². The maximum Gasteiger partial charge on any atom is 0.263 e. The summed E-state index contributed by atoms with van der Waals surface area (Å²) in [6.45, 7) is 12.2. The topological polar surface area (TPSA) is 75.3 Å². The Morgan fingerprint density at radius 1 is 0.912 bits per heavy atom. The maximum atomic E-state index is 13.0. The van der Waals surface area contributed by atoms with Crippen LogP contribution in [0.5, 0.6) is 0 Å². The smallest absolute Gasteiger partial charge is 0.263 e. The Labute approximate surface area is 207 Å². The lowest BCUT2D eigenvalue weighted by molar-refractivity contribution is 0.0939. The van der Waals surface area contributed by atoms with Crippen molar-refractivity contribution in [2.45, 2.75) is 57.9 Å². The summed E-state index contributed by atoms with van der Waals surface area (Å²) in [6.07, 6.45) is 0. The van der Waals surface area contributed by atoms with Crippen LogP contribution >= 0.6 is 11.6 Å². The number of carbonyl (C=O) groups excluding carboxylic acids is 1. The van der Waals surface area contributed by atoms with Gasteiger partial charge in [-0.15, -0.1) is 0 Å². The fourth-order valence-electron chi connectivity index (χ4n) is 3.50. The number of rotatable bonds is 6. The van der Waals surface area contributed by atoms with Crippen molar-refractivity contribution < 1.29 is 13.2 Å². The summed E-state index contributed by atoms with van der Waals surface area (Å²) in [4.78, 5) is 12.8. The summed E-state index contributed by atoms with van der Waals surface area (Å²) in [7, 11) is -3.99. The highest BCUT2D eigenvalue weighted by molar-refractivity contribution is 7.92. The van der Waals surface area contributed by atoms with Gasteiger partial charge in [0.15, 0.2) is 0 Å². The standard InChI is InChI=1S/C27H31ClN2O3S/c1-17-7-13-23(15-18(17)2)30-34(32,33)25-16-21(10-14-24(25)28)26(31)29-19(3)20-8-11-22(12-9-20)27(4,5)6/h7-16,19,30H,1-6H3,(H,29,31)/t19-/m0/s1. The fourth-order valence-corrected chi connectivity index (χ4v) is 5.08. The summed E-state index contributed by atoms with van der Waals surface area (Å²) in [5.74, 6) is -0.383. The molecule has 3 rings (SSSR count). The van der Waals surface area contributed by atoms with Crippen molar-refractivity contribution in [1.29, 1.82) is 0 Å². The minimum absolute atomic E-state index is 0.0405. The summed E-state index contributed by atoms with van der Waals surface area (Å²) < 4.78 is 28.6. The average Bonchev–Trinajstić information content (AvgIpc) is 2.75. The molecule has 34 heavy (non-hydrogen) atoms. The van der Waals surface area contributed by atoms with E-state index in [1.54, 1.807) is 12.1 Å². The van der Waals surface area contributed by atoms with Gasteiger partial charge in [-0.05, 0) is 78.8 Å². The SMILES string of the molecule is Cc1ccc(NS(=O)(=O)c2cc(C(=O)N[C@@H](C)c3ccc(C(C)(C)C)cc3)ccc2Cl)cc1C. The Kier molecular flexibility index (Phi) is 7.44. The number of benzene rings is 3. The van der Waals surface area contributed by atoms with Gasteiger partial charge in [-0.2, -0.15) is 0 Å². The van der Waals surface area contributed by atoms with Gasteiger partial charge in [0, 0.05) is 11.3 Å². The molecule has 1 amide bonds. The van der Waals surface area contributed by atoms with E-state index in [9.17, 15) is 13.2 Å². The fraction of sp³-hybridized carbons (Fsp3) is 0.296. The van der Waals surface area contributed by atoms with Gasteiger partial charge in [0.25, 0.3) is 15.9 Å². The van der Waals surface area contributed by atoms with Crippen molar-refractivity contribution in [3.63, 3.8) is 0 Å².